The summed E-state index contributed by atoms with van der Waals surface area (Å²) in [4.78, 5) is 16.8. The summed E-state index contributed by atoms with van der Waals surface area (Å²) in [5.41, 5.74) is 1.83. The van der Waals surface area contributed by atoms with Crippen LogP contribution in [0, 0.1) is 5.92 Å². The zero-order chi connectivity index (χ0) is 31.5. The van der Waals surface area contributed by atoms with Gasteiger partial charge >= 0.3 is 0 Å². The van der Waals surface area contributed by atoms with Gasteiger partial charge in [-0.2, -0.15) is 0 Å². The van der Waals surface area contributed by atoms with Crippen molar-refractivity contribution < 1.29 is 14.3 Å². The number of rotatable bonds is 20. The molecule has 0 heterocycles. The Morgan fingerprint density at radius 2 is 1.31 bits per heavy atom. The molecule has 0 atom stereocenters. The second-order valence-corrected chi connectivity index (χ2v) is 12.9. The summed E-state index contributed by atoms with van der Waals surface area (Å²) >= 11 is 5.89. The van der Waals surface area contributed by atoms with Crippen molar-refractivity contribution in [3.8, 4) is 17.2 Å². The van der Waals surface area contributed by atoms with Crippen LogP contribution in [0.3, 0.4) is 0 Å². The predicted octanol–water partition coefficient (Wildman–Crippen LogP) is 10.3. The van der Waals surface area contributed by atoms with Crippen molar-refractivity contribution in [2.45, 2.75) is 90.0 Å². The molecular formula is C39H53ClN2O3. The fourth-order valence-corrected chi connectivity index (χ4v) is 6.38. The molecule has 6 heteroatoms. The molecule has 3 aromatic rings. The average Bonchev–Trinajstić information content (AvgIpc) is 3.08. The maximum atomic E-state index is 12.5. The number of hydrogen-bond donors (Lipinski definition) is 0. The fraction of sp³-hybridized carbons (Fsp3) is 0.513. The third-order valence-electron chi connectivity index (χ3n) is 8.80. The number of carbonyl (C=O) groups excluding carboxylic acids is 1. The smallest absolute Gasteiger partial charge is 0.242 e. The van der Waals surface area contributed by atoms with E-state index in [1.165, 1.54) is 90.1 Å². The maximum Gasteiger partial charge on any atom is 0.242 e. The molecule has 0 aromatic heterocycles. The molecule has 0 unspecified atom stereocenters. The first-order valence-electron chi connectivity index (χ1n) is 17.2. The molecule has 0 spiro atoms. The van der Waals surface area contributed by atoms with Crippen LogP contribution in [0.5, 0.6) is 17.2 Å². The average molecular weight is 633 g/mol. The monoisotopic (exact) mass is 632 g/mol. The molecule has 45 heavy (non-hydrogen) atoms. The Kier molecular flexibility index (Phi) is 15.6. The molecule has 244 valence electrons. The van der Waals surface area contributed by atoms with E-state index >= 15 is 0 Å². The number of anilines is 1. The molecule has 1 fully saturated rings. The van der Waals surface area contributed by atoms with E-state index in [2.05, 4.69) is 11.9 Å². The van der Waals surface area contributed by atoms with Gasteiger partial charge in [0.15, 0.2) is 0 Å². The Bertz CT molecular complexity index is 1210. The zero-order valence-electron chi connectivity index (χ0n) is 27.3. The minimum atomic E-state index is -0.140. The minimum absolute atomic E-state index is 0.0714. The van der Waals surface area contributed by atoms with E-state index in [0.717, 1.165) is 41.7 Å². The van der Waals surface area contributed by atoms with E-state index in [9.17, 15) is 4.79 Å². The SMILES string of the molecule is CN(CCCCCCCCCCOc1ccc(Oc2ccc(N(Cc3ccccc3)C(=O)CCl)cc2)cc1)CC1CCCCC1. The van der Waals surface area contributed by atoms with Crippen LogP contribution in [-0.4, -0.2) is 43.4 Å². The molecule has 1 amide bonds. The van der Waals surface area contributed by atoms with Gasteiger partial charge in [0.1, 0.15) is 23.1 Å². The minimum Gasteiger partial charge on any atom is -0.494 e. The lowest BCUT2D eigenvalue weighted by Gasteiger charge is -2.26. The molecule has 0 radical (unpaired) electrons. The number of nitrogens with zero attached hydrogens (tertiary/aromatic N) is 2. The van der Waals surface area contributed by atoms with Crippen molar-refractivity contribution in [2.75, 3.05) is 37.5 Å². The van der Waals surface area contributed by atoms with Crippen molar-refractivity contribution in [1.82, 2.24) is 4.90 Å². The second kappa shape index (κ2) is 20.2. The molecule has 0 aliphatic heterocycles. The molecule has 4 rings (SSSR count). The summed E-state index contributed by atoms with van der Waals surface area (Å²) in [6.07, 6.45) is 17.6. The summed E-state index contributed by atoms with van der Waals surface area (Å²) < 4.78 is 12.0. The Balaban J connectivity index is 1.05. The topological polar surface area (TPSA) is 42.0 Å². The predicted molar refractivity (Wildman–Crippen MR) is 188 cm³/mol. The van der Waals surface area contributed by atoms with Crippen LogP contribution in [0.1, 0.15) is 89.0 Å². The molecule has 0 saturated heterocycles. The quantitative estimate of drug-likeness (QED) is 0.0918. The Morgan fingerprint density at radius 1 is 0.733 bits per heavy atom. The number of amides is 1. The van der Waals surface area contributed by atoms with Gasteiger partial charge in [0.2, 0.25) is 5.91 Å². The number of hydrogen-bond acceptors (Lipinski definition) is 4. The summed E-state index contributed by atoms with van der Waals surface area (Å²) in [5.74, 6) is 3.05. The largest absolute Gasteiger partial charge is 0.494 e. The maximum absolute atomic E-state index is 12.5. The van der Waals surface area contributed by atoms with Crippen molar-refractivity contribution in [3.63, 3.8) is 0 Å². The van der Waals surface area contributed by atoms with Crippen molar-refractivity contribution in [2.24, 2.45) is 5.92 Å². The van der Waals surface area contributed by atoms with Crippen molar-refractivity contribution >= 4 is 23.2 Å². The summed E-state index contributed by atoms with van der Waals surface area (Å²) in [6.45, 7) is 3.79. The van der Waals surface area contributed by atoms with Gasteiger partial charge in [-0.05, 0) is 99.3 Å². The highest BCUT2D eigenvalue weighted by Gasteiger charge is 2.16. The van der Waals surface area contributed by atoms with Crippen LogP contribution in [-0.2, 0) is 11.3 Å². The van der Waals surface area contributed by atoms with Gasteiger partial charge < -0.3 is 19.3 Å². The fourth-order valence-electron chi connectivity index (χ4n) is 6.23. The third kappa shape index (κ3) is 13.1. The van der Waals surface area contributed by atoms with Gasteiger partial charge in [-0.25, -0.2) is 0 Å². The van der Waals surface area contributed by atoms with E-state index in [1.54, 1.807) is 4.90 Å². The van der Waals surface area contributed by atoms with Crippen LogP contribution in [0.15, 0.2) is 78.9 Å². The van der Waals surface area contributed by atoms with Crippen molar-refractivity contribution in [1.29, 1.82) is 0 Å². The van der Waals surface area contributed by atoms with Gasteiger partial charge in [0.25, 0.3) is 0 Å². The normalized spacial score (nSPS) is 13.6. The van der Waals surface area contributed by atoms with Gasteiger partial charge in [0.05, 0.1) is 13.2 Å². The van der Waals surface area contributed by atoms with Gasteiger partial charge in [0, 0.05) is 12.2 Å². The van der Waals surface area contributed by atoms with Gasteiger partial charge in [-0.15, -0.1) is 11.6 Å². The molecule has 1 saturated carbocycles. The molecule has 1 aliphatic rings. The number of ether oxygens (including phenoxy) is 2. The van der Waals surface area contributed by atoms with Gasteiger partial charge in [-0.1, -0.05) is 88.1 Å². The third-order valence-corrected chi connectivity index (χ3v) is 9.03. The molecular weight excluding hydrogens is 580 g/mol. The molecule has 0 bridgehead atoms. The molecule has 5 nitrogen and oxygen atoms in total. The van der Waals surface area contributed by atoms with Crippen LogP contribution >= 0.6 is 11.6 Å². The first kappa shape index (κ1) is 34.8. The number of alkyl halides is 1. The van der Waals surface area contributed by atoms with Crippen LogP contribution in [0.4, 0.5) is 5.69 Å². The number of unbranched alkanes of at least 4 members (excludes halogenated alkanes) is 7. The first-order valence-corrected chi connectivity index (χ1v) is 17.7. The number of carbonyl (C=O) groups is 1. The summed E-state index contributed by atoms with van der Waals surface area (Å²) in [7, 11) is 2.32. The lowest BCUT2D eigenvalue weighted by molar-refractivity contribution is -0.116. The summed E-state index contributed by atoms with van der Waals surface area (Å²) in [5, 5.41) is 0. The van der Waals surface area contributed by atoms with Crippen molar-refractivity contribution in [3.05, 3.63) is 84.4 Å². The van der Waals surface area contributed by atoms with E-state index < -0.39 is 0 Å². The molecule has 1 aliphatic carbocycles. The Hall–Kier alpha value is -3.02. The van der Waals surface area contributed by atoms with Gasteiger partial charge in [-0.3, -0.25) is 4.79 Å². The second-order valence-electron chi connectivity index (χ2n) is 12.6. The van der Waals surface area contributed by atoms with E-state index in [1.807, 2.05) is 78.9 Å². The van der Waals surface area contributed by atoms with E-state index in [0.29, 0.717) is 12.3 Å². The highest BCUT2D eigenvalue weighted by molar-refractivity contribution is 6.29. The zero-order valence-corrected chi connectivity index (χ0v) is 28.1. The number of halogens is 1. The van der Waals surface area contributed by atoms with Crippen LogP contribution in [0.25, 0.3) is 0 Å². The lowest BCUT2D eigenvalue weighted by Crippen LogP contribution is -2.31. The van der Waals surface area contributed by atoms with E-state index in [-0.39, 0.29) is 11.8 Å². The Labute approximate surface area is 276 Å². The number of benzene rings is 3. The molecule has 3 aromatic carbocycles. The van der Waals surface area contributed by atoms with Crippen LogP contribution in [0.2, 0.25) is 0 Å². The first-order chi connectivity index (χ1) is 22.1. The highest BCUT2D eigenvalue weighted by atomic mass is 35.5. The summed E-state index contributed by atoms with van der Waals surface area (Å²) in [6, 6.07) is 25.2. The Morgan fingerprint density at radius 3 is 1.96 bits per heavy atom. The van der Waals surface area contributed by atoms with Crippen LogP contribution < -0.4 is 14.4 Å². The standard InChI is InChI=1S/C39H53ClN2O3/c1-41(31-33-16-10-8-11-17-33)28-14-6-4-2-3-5-7-15-29-44-36-24-26-38(27-25-36)45-37-22-20-35(21-23-37)42(39(43)30-40)32-34-18-12-9-13-19-34/h9,12-13,18-27,33H,2-8,10-11,14-17,28-32H2,1H3. The lowest BCUT2D eigenvalue weighted by atomic mass is 9.89. The molecule has 0 N–H and O–H groups in total. The highest BCUT2D eigenvalue weighted by Crippen LogP contribution is 2.28. The van der Waals surface area contributed by atoms with E-state index in [4.69, 9.17) is 21.1 Å².